The summed E-state index contributed by atoms with van der Waals surface area (Å²) in [6.45, 7) is 0.598. The molecule has 0 bridgehead atoms. The van der Waals surface area contributed by atoms with Gasteiger partial charge in [-0.05, 0) is 5.56 Å². The Hall–Kier alpha value is -0.860. The minimum Gasteiger partial charge on any atom is -0.382 e. The Morgan fingerprint density at radius 1 is 1.17 bits per heavy atom. The monoisotopic (exact) mass is 166 g/mol. The lowest BCUT2D eigenvalue weighted by molar-refractivity contribution is 0.0275. The van der Waals surface area contributed by atoms with Crippen LogP contribution >= 0.6 is 0 Å². The summed E-state index contributed by atoms with van der Waals surface area (Å²) in [5.74, 6) is 0. The summed E-state index contributed by atoms with van der Waals surface area (Å²) in [7, 11) is 3.37. The maximum atomic E-state index is 5.25. The Labute approximate surface area is 73.1 Å². The van der Waals surface area contributed by atoms with Crippen LogP contribution in [0.3, 0.4) is 0 Å². The lowest BCUT2D eigenvalue weighted by Gasteiger charge is -2.13. The number of benzene rings is 1. The number of hydrogen-bond acceptors (Lipinski definition) is 2. The number of methoxy groups -OCH3 is 2. The first-order valence-electron chi connectivity index (χ1n) is 3.95. The van der Waals surface area contributed by atoms with Gasteiger partial charge in [0.05, 0.1) is 6.61 Å². The Kier molecular flexibility index (Phi) is 3.77. The van der Waals surface area contributed by atoms with Crippen LogP contribution in [0.4, 0.5) is 0 Å². The Bertz CT molecular complexity index is 208. The van der Waals surface area contributed by atoms with Crippen molar-refractivity contribution in [3.63, 3.8) is 0 Å². The van der Waals surface area contributed by atoms with Crippen LogP contribution in [-0.2, 0) is 9.47 Å². The molecule has 0 unspecified atom stereocenters. The van der Waals surface area contributed by atoms with E-state index in [9.17, 15) is 0 Å². The molecule has 0 saturated heterocycles. The highest BCUT2D eigenvalue weighted by molar-refractivity contribution is 5.17. The third kappa shape index (κ3) is 2.32. The van der Waals surface area contributed by atoms with Crippen molar-refractivity contribution in [1.82, 2.24) is 0 Å². The van der Waals surface area contributed by atoms with Crippen molar-refractivity contribution in [3.05, 3.63) is 35.9 Å². The lowest BCUT2D eigenvalue weighted by Crippen LogP contribution is -2.07. The van der Waals surface area contributed by atoms with Gasteiger partial charge in [0, 0.05) is 14.2 Å². The first kappa shape index (κ1) is 9.23. The summed E-state index contributed by atoms with van der Waals surface area (Å²) < 4.78 is 10.3. The summed E-state index contributed by atoms with van der Waals surface area (Å²) in [6.07, 6.45) is 0.0520. The molecule has 0 aliphatic carbocycles. The van der Waals surface area contributed by atoms with E-state index in [4.69, 9.17) is 9.47 Å². The van der Waals surface area contributed by atoms with E-state index in [0.29, 0.717) is 6.61 Å². The smallest absolute Gasteiger partial charge is 0.105 e. The zero-order valence-corrected chi connectivity index (χ0v) is 7.49. The maximum absolute atomic E-state index is 5.25. The number of hydrogen-bond donors (Lipinski definition) is 0. The van der Waals surface area contributed by atoms with Crippen molar-refractivity contribution in [1.29, 1.82) is 0 Å². The fourth-order valence-corrected chi connectivity index (χ4v) is 1.12. The molecule has 2 heteroatoms. The van der Waals surface area contributed by atoms with Crippen LogP contribution in [0, 0.1) is 0 Å². The summed E-state index contributed by atoms with van der Waals surface area (Å²) >= 11 is 0. The third-order valence-electron chi connectivity index (χ3n) is 1.77. The molecule has 0 N–H and O–H groups in total. The molecule has 1 atom stereocenters. The Morgan fingerprint density at radius 3 is 2.33 bits per heavy atom. The molecule has 0 aliphatic rings. The molecule has 1 aromatic carbocycles. The van der Waals surface area contributed by atoms with Gasteiger partial charge in [0.25, 0.3) is 0 Å². The van der Waals surface area contributed by atoms with Crippen molar-refractivity contribution in [2.24, 2.45) is 0 Å². The molecular weight excluding hydrogens is 152 g/mol. The minimum atomic E-state index is 0.0520. The molecule has 0 spiro atoms. The van der Waals surface area contributed by atoms with Gasteiger partial charge in [-0.15, -0.1) is 0 Å². The Balaban J connectivity index is 2.66. The summed E-state index contributed by atoms with van der Waals surface area (Å²) in [5, 5.41) is 0. The van der Waals surface area contributed by atoms with Gasteiger partial charge in [-0.1, -0.05) is 30.3 Å². The van der Waals surface area contributed by atoms with Crippen LogP contribution in [0.25, 0.3) is 0 Å². The first-order chi connectivity index (χ1) is 5.88. The summed E-state index contributed by atoms with van der Waals surface area (Å²) in [4.78, 5) is 0. The third-order valence-corrected chi connectivity index (χ3v) is 1.77. The summed E-state index contributed by atoms with van der Waals surface area (Å²) in [6, 6.07) is 10.1. The van der Waals surface area contributed by atoms with Crippen LogP contribution in [0.15, 0.2) is 30.3 Å². The van der Waals surface area contributed by atoms with Crippen LogP contribution in [0.2, 0.25) is 0 Å². The molecule has 66 valence electrons. The number of rotatable bonds is 4. The Morgan fingerprint density at radius 2 is 1.83 bits per heavy atom. The first-order valence-corrected chi connectivity index (χ1v) is 3.95. The second kappa shape index (κ2) is 4.91. The second-order valence-electron chi connectivity index (χ2n) is 2.59. The van der Waals surface area contributed by atoms with E-state index in [-0.39, 0.29) is 6.10 Å². The topological polar surface area (TPSA) is 18.5 Å². The SMILES string of the molecule is COC[C@@H](OC)c1ccccc1. The van der Waals surface area contributed by atoms with Gasteiger partial charge in [0.2, 0.25) is 0 Å². The molecule has 0 saturated carbocycles. The average molecular weight is 166 g/mol. The highest BCUT2D eigenvalue weighted by Gasteiger charge is 2.07. The van der Waals surface area contributed by atoms with Crippen LogP contribution in [-0.4, -0.2) is 20.8 Å². The molecule has 0 fully saturated rings. The van der Waals surface area contributed by atoms with Gasteiger partial charge < -0.3 is 9.47 Å². The van der Waals surface area contributed by atoms with Crippen molar-refractivity contribution >= 4 is 0 Å². The van der Waals surface area contributed by atoms with E-state index < -0.39 is 0 Å². The van der Waals surface area contributed by atoms with Gasteiger partial charge in [0.15, 0.2) is 0 Å². The average Bonchev–Trinajstić information content (AvgIpc) is 2.15. The van der Waals surface area contributed by atoms with E-state index in [1.807, 2.05) is 30.3 Å². The largest absolute Gasteiger partial charge is 0.382 e. The molecule has 1 rings (SSSR count). The van der Waals surface area contributed by atoms with E-state index in [2.05, 4.69) is 0 Å². The van der Waals surface area contributed by atoms with Crippen molar-refractivity contribution < 1.29 is 9.47 Å². The highest BCUT2D eigenvalue weighted by atomic mass is 16.5. The van der Waals surface area contributed by atoms with E-state index in [0.717, 1.165) is 5.56 Å². The van der Waals surface area contributed by atoms with Gasteiger partial charge in [-0.3, -0.25) is 0 Å². The fraction of sp³-hybridized carbons (Fsp3) is 0.400. The molecule has 0 heterocycles. The molecule has 2 nitrogen and oxygen atoms in total. The molecule has 12 heavy (non-hydrogen) atoms. The van der Waals surface area contributed by atoms with Crippen molar-refractivity contribution in [2.45, 2.75) is 6.10 Å². The van der Waals surface area contributed by atoms with Crippen LogP contribution in [0.1, 0.15) is 11.7 Å². The molecule has 0 aliphatic heterocycles. The number of ether oxygens (including phenoxy) is 2. The van der Waals surface area contributed by atoms with Gasteiger partial charge in [0.1, 0.15) is 6.10 Å². The molecule has 0 amide bonds. The molecular formula is C10H14O2. The zero-order valence-electron chi connectivity index (χ0n) is 7.49. The maximum Gasteiger partial charge on any atom is 0.105 e. The zero-order chi connectivity index (χ0) is 8.81. The van der Waals surface area contributed by atoms with Crippen LogP contribution in [0.5, 0.6) is 0 Å². The molecule has 0 radical (unpaired) electrons. The lowest BCUT2D eigenvalue weighted by atomic mass is 10.1. The van der Waals surface area contributed by atoms with Gasteiger partial charge in [-0.25, -0.2) is 0 Å². The van der Waals surface area contributed by atoms with E-state index >= 15 is 0 Å². The fourth-order valence-electron chi connectivity index (χ4n) is 1.12. The van der Waals surface area contributed by atoms with Crippen molar-refractivity contribution in [3.8, 4) is 0 Å². The quantitative estimate of drug-likeness (QED) is 0.681. The van der Waals surface area contributed by atoms with E-state index in [1.165, 1.54) is 0 Å². The van der Waals surface area contributed by atoms with Gasteiger partial charge >= 0.3 is 0 Å². The second-order valence-corrected chi connectivity index (χ2v) is 2.59. The predicted molar refractivity (Wildman–Crippen MR) is 48.1 cm³/mol. The normalized spacial score (nSPS) is 12.8. The standard InChI is InChI=1S/C10H14O2/c1-11-8-10(12-2)9-6-4-3-5-7-9/h3-7,10H,8H2,1-2H3/t10-/m1/s1. The van der Waals surface area contributed by atoms with Crippen molar-refractivity contribution in [2.75, 3.05) is 20.8 Å². The summed E-state index contributed by atoms with van der Waals surface area (Å²) in [5.41, 5.74) is 1.15. The van der Waals surface area contributed by atoms with E-state index in [1.54, 1.807) is 14.2 Å². The highest BCUT2D eigenvalue weighted by Crippen LogP contribution is 2.15. The minimum absolute atomic E-state index is 0.0520. The molecule has 0 aromatic heterocycles. The van der Waals surface area contributed by atoms with Crippen LogP contribution < -0.4 is 0 Å². The molecule has 1 aromatic rings. The van der Waals surface area contributed by atoms with Gasteiger partial charge in [-0.2, -0.15) is 0 Å². The predicted octanol–water partition coefficient (Wildman–Crippen LogP) is 2.02.